The summed E-state index contributed by atoms with van der Waals surface area (Å²) in [6.07, 6.45) is 0.728. The number of benzene rings is 2. The van der Waals surface area contributed by atoms with Gasteiger partial charge < -0.3 is 10.4 Å². The average Bonchev–Trinajstić information content (AvgIpc) is 2.63. The number of hydrogen-bond donors (Lipinski definition) is 2. The second-order valence-corrected chi connectivity index (χ2v) is 6.69. The summed E-state index contributed by atoms with van der Waals surface area (Å²) >= 11 is 12.0. The fourth-order valence-electron chi connectivity index (χ4n) is 2.52. The number of hydrogen-bond acceptors (Lipinski definition) is 4. The first-order valence-electron chi connectivity index (χ1n) is 7.98. The van der Waals surface area contributed by atoms with E-state index < -0.39 is 11.7 Å². The number of halogens is 2. The number of aromatic nitrogens is 2. The van der Waals surface area contributed by atoms with Crippen molar-refractivity contribution in [2.75, 3.05) is 11.9 Å². The summed E-state index contributed by atoms with van der Waals surface area (Å²) in [6, 6.07) is 14.3. The van der Waals surface area contributed by atoms with Crippen LogP contribution in [-0.4, -0.2) is 21.4 Å². The number of aliphatic hydroxyl groups is 1. The van der Waals surface area contributed by atoms with Crippen LogP contribution >= 0.6 is 23.2 Å². The van der Waals surface area contributed by atoms with Gasteiger partial charge in [-0.2, -0.15) is 9.78 Å². The van der Waals surface area contributed by atoms with E-state index in [1.54, 1.807) is 24.3 Å². The van der Waals surface area contributed by atoms with E-state index in [-0.39, 0.29) is 11.6 Å². The predicted octanol–water partition coefficient (Wildman–Crippen LogP) is 3.99. The standard InChI is InChI=1S/C19H17Cl2N3O2/c1-12-3-2-4-13(9-12)17(25)11-22-16-10-23-24(19(26)18(16)21)15-7-5-14(20)6-8-15/h2-10,17,22,25H,11H2,1H3. The maximum absolute atomic E-state index is 12.5. The Balaban J connectivity index is 1.78. The number of rotatable bonds is 5. The highest BCUT2D eigenvalue weighted by molar-refractivity contribution is 6.33. The van der Waals surface area contributed by atoms with Gasteiger partial charge in [-0.05, 0) is 36.8 Å². The van der Waals surface area contributed by atoms with Crippen LogP contribution in [0.5, 0.6) is 0 Å². The Morgan fingerprint density at radius 2 is 1.92 bits per heavy atom. The van der Waals surface area contributed by atoms with E-state index in [4.69, 9.17) is 23.2 Å². The third-order valence-electron chi connectivity index (χ3n) is 3.90. The van der Waals surface area contributed by atoms with Crippen molar-refractivity contribution in [1.29, 1.82) is 0 Å². The van der Waals surface area contributed by atoms with Gasteiger partial charge >= 0.3 is 0 Å². The summed E-state index contributed by atoms with van der Waals surface area (Å²) in [4.78, 5) is 12.5. The van der Waals surface area contributed by atoms with Gasteiger partial charge in [0.15, 0.2) is 0 Å². The fraction of sp³-hybridized carbons (Fsp3) is 0.158. The van der Waals surface area contributed by atoms with Crippen LogP contribution in [0.4, 0.5) is 5.69 Å². The molecule has 0 aliphatic carbocycles. The number of nitrogens with zero attached hydrogens (tertiary/aromatic N) is 2. The molecule has 7 heteroatoms. The molecule has 1 aromatic heterocycles. The maximum Gasteiger partial charge on any atom is 0.292 e. The second kappa shape index (κ2) is 7.91. The first-order chi connectivity index (χ1) is 12.5. The van der Waals surface area contributed by atoms with E-state index in [0.717, 1.165) is 11.1 Å². The topological polar surface area (TPSA) is 67.2 Å². The summed E-state index contributed by atoms with van der Waals surface area (Å²) in [5, 5.41) is 18.0. The molecule has 3 aromatic rings. The monoisotopic (exact) mass is 389 g/mol. The minimum atomic E-state index is -0.732. The first-order valence-corrected chi connectivity index (χ1v) is 8.73. The molecule has 2 aromatic carbocycles. The van der Waals surface area contributed by atoms with Gasteiger partial charge in [0.2, 0.25) is 0 Å². The largest absolute Gasteiger partial charge is 0.387 e. The van der Waals surface area contributed by atoms with E-state index in [0.29, 0.717) is 16.4 Å². The lowest BCUT2D eigenvalue weighted by Gasteiger charge is -2.15. The molecule has 5 nitrogen and oxygen atoms in total. The summed E-state index contributed by atoms with van der Waals surface area (Å²) in [7, 11) is 0. The van der Waals surface area contributed by atoms with Crippen molar-refractivity contribution < 1.29 is 5.11 Å². The Morgan fingerprint density at radius 3 is 2.62 bits per heavy atom. The highest BCUT2D eigenvalue weighted by atomic mass is 35.5. The first kappa shape index (κ1) is 18.5. The van der Waals surface area contributed by atoms with Gasteiger partial charge in [0.25, 0.3) is 5.56 Å². The van der Waals surface area contributed by atoms with Crippen molar-refractivity contribution >= 4 is 28.9 Å². The summed E-state index contributed by atoms with van der Waals surface area (Å²) in [5.74, 6) is 0. The maximum atomic E-state index is 12.5. The Labute approximate surface area is 160 Å². The van der Waals surface area contributed by atoms with E-state index in [1.165, 1.54) is 10.9 Å². The summed E-state index contributed by atoms with van der Waals surface area (Å²) in [5.41, 5.74) is 2.33. The highest BCUT2D eigenvalue weighted by Gasteiger charge is 2.13. The zero-order valence-electron chi connectivity index (χ0n) is 14.0. The molecule has 1 heterocycles. The normalized spacial score (nSPS) is 12.0. The SMILES string of the molecule is Cc1cccc(C(O)CNc2cnn(-c3ccc(Cl)cc3)c(=O)c2Cl)c1. The van der Waals surface area contributed by atoms with Crippen molar-refractivity contribution in [3.63, 3.8) is 0 Å². The molecular weight excluding hydrogens is 373 g/mol. The van der Waals surface area contributed by atoms with Gasteiger partial charge in [-0.15, -0.1) is 0 Å². The van der Waals surface area contributed by atoms with E-state index in [1.807, 2.05) is 31.2 Å². The molecule has 0 saturated carbocycles. The lowest BCUT2D eigenvalue weighted by molar-refractivity contribution is 0.191. The van der Waals surface area contributed by atoms with Gasteiger partial charge in [0.1, 0.15) is 5.02 Å². The quantitative estimate of drug-likeness (QED) is 0.691. The zero-order chi connectivity index (χ0) is 18.7. The van der Waals surface area contributed by atoms with Crippen LogP contribution in [0.1, 0.15) is 17.2 Å². The van der Waals surface area contributed by atoms with Crippen molar-refractivity contribution in [3.8, 4) is 5.69 Å². The Hall–Kier alpha value is -2.34. The van der Waals surface area contributed by atoms with Gasteiger partial charge in [-0.25, -0.2) is 0 Å². The van der Waals surface area contributed by atoms with E-state index in [2.05, 4.69) is 10.4 Å². The van der Waals surface area contributed by atoms with Crippen LogP contribution in [-0.2, 0) is 0 Å². The van der Waals surface area contributed by atoms with Crippen LogP contribution in [0.25, 0.3) is 5.69 Å². The van der Waals surface area contributed by atoms with Crippen LogP contribution in [0.15, 0.2) is 59.5 Å². The minimum absolute atomic E-state index is 0.00592. The molecule has 0 fully saturated rings. The van der Waals surface area contributed by atoms with Gasteiger partial charge in [-0.1, -0.05) is 53.0 Å². The van der Waals surface area contributed by atoms with Gasteiger partial charge in [0.05, 0.1) is 23.7 Å². The lowest BCUT2D eigenvalue weighted by Crippen LogP contribution is -2.23. The Kier molecular flexibility index (Phi) is 5.61. The molecule has 0 radical (unpaired) electrons. The predicted molar refractivity (Wildman–Crippen MR) is 104 cm³/mol. The molecule has 1 unspecified atom stereocenters. The van der Waals surface area contributed by atoms with E-state index in [9.17, 15) is 9.90 Å². The third kappa shape index (κ3) is 4.07. The third-order valence-corrected chi connectivity index (χ3v) is 4.52. The molecule has 0 aliphatic heterocycles. The minimum Gasteiger partial charge on any atom is -0.387 e. The smallest absolute Gasteiger partial charge is 0.292 e. The number of nitrogens with one attached hydrogen (secondary N) is 1. The Morgan fingerprint density at radius 1 is 1.19 bits per heavy atom. The Bertz CT molecular complexity index is 971. The molecule has 26 heavy (non-hydrogen) atoms. The average molecular weight is 390 g/mol. The zero-order valence-corrected chi connectivity index (χ0v) is 15.5. The second-order valence-electron chi connectivity index (χ2n) is 5.88. The number of aryl methyl sites for hydroxylation is 1. The molecular formula is C19H17Cl2N3O2. The molecule has 1 atom stereocenters. The van der Waals surface area contributed by atoms with Crippen molar-refractivity contribution in [3.05, 3.63) is 86.3 Å². The molecule has 0 saturated heterocycles. The van der Waals surface area contributed by atoms with Crippen molar-refractivity contribution in [2.45, 2.75) is 13.0 Å². The summed E-state index contributed by atoms with van der Waals surface area (Å²) in [6.45, 7) is 2.16. The molecule has 0 amide bonds. The van der Waals surface area contributed by atoms with Crippen LogP contribution in [0.2, 0.25) is 10.0 Å². The van der Waals surface area contributed by atoms with E-state index >= 15 is 0 Å². The lowest BCUT2D eigenvalue weighted by atomic mass is 10.1. The van der Waals surface area contributed by atoms with Crippen LogP contribution < -0.4 is 10.9 Å². The van der Waals surface area contributed by atoms with Crippen LogP contribution in [0.3, 0.4) is 0 Å². The van der Waals surface area contributed by atoms with Gasteiger partial charge in [0, 0.05) is 11.6 Å². The molecule has 0 bridgehead atoms. The van der Waals surface area contributed by atoms with Gasteiger partial charge in [-0.3, -0.25) is 4.79 Å². The number of aliphatic hydroxyl groups excluding tert-OH is 1. The van der Waals surface area contributed by atoms with Crippen molar-refractivity contribution in [2.24, 2.45) is 0 Å². The molecule has 2 N–H and O–H groups in total. The number of anilines is 1. The highest BCUT2D eigenvalue weighted by Crippen LogP contribution is 2.20. The molecule has 134 valence electrons. The summed E-state index contributed by atoms with van der Waals surface area (Å²) < 4.78 is 1.20. The van der Waals surface area contributed by atoms with Crippen molar-refractivity contribution in [1.82, 2.24) is 9.78 Å². The molecule has 3 rings (SSSR count). The molecule has 0 aliphatic rings. The van der Waals surface area contributed by atoms with Crippen LogP contribution in [0, 0.1) is 6.92 Å². The molecule has 0 spiro atoms. The fourth-order valence-corrected chi connectivity index (χ4v) is 2.85.